The SMILES string of the molecule is COc1ccc(NC(=O)c2cc3c(s2)CCCCC3)cc1-n1nnnc1C. The highest BCUT2D eigenvalue weighted by molar-refractivity contribution is 7.14. The lowest BCUT2D eigenvalue weighted by Gasteiger charge is -2.11. The zero-order valence-electron chi connectivity index (χ0n) is 15.4. The van der Waals surface area contributed by atoms with E-state index in [-0.39, 0.29) is 5.91 Å². The Hall–Kier alpha value is -2.74. The van der Waals surface area contributed by atoms with E-state index in [4.69, 9.17) is 4.74 Å². The number of carbonyl (C=O) groups excluding carboxylic acids is 1. The molecule has 1 aliphatic carbocycles. The van der Waals surface area contributed by atoms with E-state index in [1.807, 2.05) is 19.1 Å². The molecule has 0 unspecified atom stereocenters. The zero-order chi connectivity index (χ0) is 18.8. The van der Waals surface area contributed by atoms with Crippen LogP contribution >= 0.6 is 11.3 Å². The van der Waals surface area contributed by atoms with Gasteiger partial charge in [-0.3, -0.25) is 4.79 Å². The van der Waals surface area contributed by atoms with Crippen LogP contribution in [-0.4, -0.2) is 33.2 Å². The van der Waals surface area contributed by atoms with Crippen molar-refractivity contribution in [3.05, 3.63) is 45.4 Å². The van der Waals surface area contributed by atoms with Crippen molar-refractivity contribution in [2.75, 3.05) is 12.4 Å². The molecule has 1 amide bonds. The van der Waals surface area contributed by atoms with Gasteiger partial charge in [-0.25, -0.2) is 0 Å². The Labute approximate surface area is 161 Å². The number of methoxy groups -OCH3 is 1. The van der Waals surface area contributed by atoms with Crippen molar-refractivity contribution in [2.45, 2.75) is 39.0 Å². The van der Waals surface area contributed by atoms with E-state index in [0.29, 0.717) is 22.9 Å². The van der Waals surface area contributed by atoms with Gasteiger partial charge in [-0.1, -0.05) is 6.42 Å². The maximum Gasteiger partial charge on any atom is 0.265 e. The van der Waals surface area contributed by atoms with Gasteiger partial charge in [0.1, 0.15) is 11.4 Å². The normalized spacial score (nSPS) is 13.7. The molecule has 0 bridgehead atoms. The molecule has 140 valence electrons. The van der Waals surface area contributed by atoms with Crippen molar-refractivity contribution >= 4 is 22.9 Å². The highest BCUT2D eigenvalue weighted by Gasteiger charge is 2.18. The molecular weight excluding hydrogens is 362 g/mol. The van der Waals surface area contributed by atoms with Gasteiger partial charge in [0.05, 0.1) is 12.0 Å². The largest absolute Gasteiger partial charge is 0.494 e. The lowest BCUT2D eigenvalue weighted by atomic mass is 10.1. The van der Waals surface area contributed by atoms with Crippen LogP contribution in [0.1, 0.15) is 45.2 Å². The van der Waals surface area contributed by atoms with Crippen molar-refractivity contribution < 1.29 is 9.53 Å². The van der Waals surface area contributed by atoms with Gasteiger partial charge < -0.3 is 10.1 Å². The highest BCUT2D eigenvalue weighted by atomic mass is 32.1. The fourth-order valence-electron chi connectivity index (χ4n) is 3.36. The molecule has 0 radical (unpaired) electrons. The average molecular weight is 383 g/mol. The first-order valence-electron chi connectivity index (χ1n) is 9.02. The number of carbonyl (C=O) groups is 1. The molecule has 0 spiro atoms. The third-order valence-electron chi connectivity index (χ3n) is 4.76. The topological polar surface area (TPSA) is 81.9 Å². The monoisotopic (exact) mass is 383 g/mol. The van der Waals surface area contributed by atoms with Crippen molar-refractivity contribution in [3.8, 4) is 11.4 Å². The van der Waals surface area contributed by atoms with Crippen LogP contribution < -0.4 is 10.1 Å². The second-order valence-electron chi connectivity index (χ2n) is 6.60. The van der Waals surface area contributed by atoms with Gasteiger partial charge in [0.2, 0.25) is 0 Å². The molecule has 0 saturated heterocycles. The Bertz CT molecular complexity index is 955. The number of hydrogen-bond acceptors (Lipinski definition) is 6. The summed E-state index contributed by atoms with van der Waals surface area (Å²) in [5.41, 5.74) is 2.69. The minimum Gasteiger partial charge on any atom is -0.494 e. The molecule has 2 aromatic heterocycles. The first-order chi connectivity index (χ1) is 13.2. The van der Waals surface area contributed by atoms with Gasteiger partial charge in [-0.15, -0.1) is 16.4 Å². The maximum atomic E-state index is 12.8. The number of ether oxygens (including phenoxy) is 1. The summed E-state index contributed by atoms with van der Waals surface area (Å²) >= 11 is 1.61. The van der Waals surface area contributed by atoms with E-state index >= 15 is 0 Å². The number of benzene rings is 1. The van der Waals surface area contributed by atoms with E-state index in [0.717, 1.165) is 17.7 Å². The molecule has 7 nitrogen and oxygen atoms in total. The number of fused-ring (bicyclic) bond motifs is 1. The molecule has 0 atom stereocenters. The molecular formula is C19H21N5O2S. The van der Waals surface area contributed by atoms with E-state index in [2.05, 4.69) is 26.9 Å². The summed E-state index contributed by atoms with van der Waals surface area (Å²) in [6.07, 6.45) is 5.84. The van der Waals surface area contributed by atoms with Crippen LogP contribution in [0.2, 0.25) is 0 Å². The second-order valence-corrected chi connectivity index (χ2v) is 7.74. The minimum atomic E-state index is -0.0855. The summed E-state index contributed by atoms with van der Waals surface area (Å²) in [5.74, 6) is 1.18. The molecule has 2 heterocycles. The summed E-state index contributed by atoms with van der Waals surface area (Å²) in [6.45, 7) is 1.81. The minimum absolute atomic E-state index is 0.0855. The molecule has 1 aromatic carbocycles. The lowest BCUT2D eigenvalue weighted by Crippen LogP contribution is -2.11. The Morgan fingerprint density at radius 3 is 2.85 bits per heavy atom. The summed E-state index contributed by atoms with van der Waals surface area (Å²) in [6, 6.07) is 7.49. The third-order valence-corrected chi connectivity index (χ3v) is 6.00. The number of hydrogen-bond donors (Lipinski definition) is 1. The van der Waals surface area contributed by atoms with Crippen molar-refractivity contribution in [1.29, 1.82) is 0 Å². The fraction of sp³-hybridized carbons (Fsp3) is 0.368. The van der Waals surface area contributed by atoms with Crippen molar-refractivity contribution in [2.24, 2.45) is 0 Å². The van der Waals surface area contributed by atoms with E-state index in [1.54, 1.807) is 29.2 Å². The third kappa shape index (κ3) is 3.57. The van der Waals surface area contributed by atoms with Gasteiger partial charge >= 0.3 is 0 Å². The molecule has 4 rings (SSSR count). The summed E-state index contributed by atoms with van der Waals surface area (Å²) in [7, 11) is 1.59. The van der Waals surface area contributed by atoms with E-state index < -0.39 is 0 Å². The Morgan fingerprint density at radius 1 is 1.22 bits per heavy atom. The van der Waals surface area contributed by atoms with E-state index in [9.17, 15) is 4.79 Å². The maximum absolute atomic E-state index is 12.8. The highest BCUT2D eigenvalue weighted by Crippen LogP contribution is 2.30. The standard InChI is InChI=1S/C19H21N5O2S/c1-12-21-22-23-24(12)15-11-14(8-9-16(15)26-2)20-19(25)18-10-13-6-4-3-5-7-17(13)27-18/h8-11H,3-7H2,1-2H3,(H,20,25). The van der Waals surface area contributed by atoms with E-state index in [1.165, 1.54) is 29.7 Å². The first kappa shape index (κ1) is 17.7. The van der Waals surface area contributed by atoms with Gasteiger partial charge in [-0.2, -0.15) is 4.68 Å². The van der Waals surface area contributed by atoms with Crippen LogP contribution in [0.3, 0.4) is 0 Å². The number of nitrogens with zero attached hydrogens (tertiary/aromatic N) is 4. The molecule has 27 heavy (non-hydrogen) atoms. The van der Waals surface area contributed by atoms with Gasteiger partial charge in [0.15, 0.2) is 5.82 Å². The average Bonchev–Trinajstić information content (AvgIpc) is 3.22. The van der Waals surface area contributed by atoms with Crippen LogP contribution in [-0.2, 0) is 12.8 Å². The predicted molar refractivity (Wildman–Crippen MR) is 104 cm³/mol. The number of anilines is 1. The summed E-state index contributed by atoms with van der Waals surface area (Å²) < 4.78 is 6.99. The Kier molecular flexibility index (Phi) is 4.89. The smallest absolute Gasteiger partial charge is 0.265 e. The van der Waals surface area contributed by atoms with Crippen LogP contribution in [0.5, 0.6) is 5.75 Å². The Balaban J connectivity index is 1.59. The number of aromatic nitrogens is 4. The number of tetrazole rings is 1. The van der Waals surface area contributed by atoms with Crippen molar-refractivity contribution in [1.82, 2.24) is 20.2 Å². The molecule has 8 heteroatoms. The predicted octanol–water partition coefficient (Wildman–Crippen LogP) is 3.56. The number of rotatable bonds is 4. The zero-order valence-corrected chi connectivity index (χ0v) is 16.2. The molecule has 0 saturated carbocycles. The number of nitrogens with one attached hydrogen (secondary N) is 1. The van der Waals surface area contributed by atoms with Gasteiger partial charge in [0, 0.05) is 10.6 Å². The van der Waals surface area contributed by atoms with Crippen LogP contribution in [0.4, 0.5) is 5.69 Å². The second kappa shape index (κ2) is 7.48. The molecule has 3 aromatic rings. The number of thiophene rings is 1. The molecule has 0 aliphatic heterocycles. The molecule has 0 fully saturated rings. The van der Waals surface area contributed by atoms with Gasteiger partial charge in [0.25, 0.3) is 5.91 Å². The molecule has 1 N–H and O–H groups in total. The van der Waals surface area contributed by atoms with Crippen molar-refractivity contribution in [3.63, 3.8) is 0 Å². The number of amides is 1. The first-order valence-corrected chi connectivity index (χ1v) is 9.83. The quantitative estimate of drug-likeness (QED) is 0.697. The summed E-state index contributed by atoms with van der Waals surface area (Å²) in [4.78, 5) is 14.9. The summed E-state index contributed by atoms with van der Waals surface area (Å²) in [5, 5.41) is 14.6. The van der Waals surface area contributed by atoms with Crippen LogP contribution in [0.15, 0.2) is 24.3 Å². The van der Waals surface area contributed by atoms with Crippen LogP contribution in [0.25, 0.3) is 5.69 Å². The fourth-order valence-corrected chi connectivity index (χ4v) is 4.51. The Morgan fingerprint density at radius 2 is 2.07 bits per heavy atom. The molecule has 1 aliphatic rings. The van der Waals surface area contributed by atoms with Crippen LogP contribution in [0, 0.1) is 6.92 Å². The lowest BCUT2D eigenvalue weighted by molar-refractivity contribution is 0.103. The van der Waals surface area contributed by atoms with Gasteiger partial charge in [-0.05, 0) is 72.9 Å². The number of aryl methyl sites for hydroxylation is 3.